The molecule has 1 aliphatic rings. The van der Waals surface area contributed by atoms with E-state index in [0.717, 1.165) is 17.2 Å². The van der Waals surface area contributed by atoms with Crippen molar-refractivity contribution < 1.29 is 9.53 Å². The number of halogens is 1. The number of ether oxygens (including phenoxy) is 1. The van der Waals surface area contributed by atoms with Gasteiger partial charge in [-0.1, -0.05) is 35.9 Å². The fourth-order valence-electron chi connectivity index (χ4n) is 2.53. The first-order valence-corrected chi connectivity index (χ1v) is 6.94. The summed E-state index contributed by atoms with van der Waals surface area (Å²) in [5.41, 5.74) is 0.394. The van der Waals surface area contributed by atoms with Crippen molar-refractivity contribution in [3.8, 4) is 0 Å². The van der Waals surface area contributed by atoms with Gasteiger partial charge in [0.05, 0.1) is 6.10 Å². The van der Waals surface area contributed by atoms with Gasteiger partial charge in [-0.25, -0.2) is 4.98 Å². The van der Waals surface area contributed by atoms with Crippen LogP contribution in [0, 0.1) is 0 Å². The molecule has 1 fully saturated rings. The van der Waals surface area contributed by atoms with Gasteiger partial charge in [0.15, 0.2) is 0 Å². The number of rotatable bonds is 2. The fourth-order valence-corrected chi connectivity index (χ4v) is 2.80. The third-order valence-corrected chi connectivity index (χ3v) is 3.97. The lowest BCUT2D eigenvalue weighted by Gasteiger charge is -2.16. The minimum Gasteiger partial charge on any atom is -0.380 e. The third kappa shape index (κ3) is 2.37. The van der Waals surface area contributed by atoms with Gasteiger partial charge in [0, 0.05) is 25.6 Å². The van der Waals surface area contributed by atoms with E-state index in [2.05, 4.69) is 4.98 Å². The van der Waals surface area contributed by atoms with Gasteiger partial charge in [-0.2, -0.15) is 0 Å². The van der Waals surface area contributed by atoms with Crippen molar-refractivity contribution in [3.63, 3.8) is 0 Å². The summed E-state index contributed by atoms with van der Waals surface area (Å²) < 4.78 is 5.28. The highest BCUT2D eigenvalue weighted by Gasteiger charge is 2.27. The summed E-state index contributed by atoms with van der Waals surface area (Å²) in [5, 5.41) is 2.16. The molecule has 2 heterocycles. The van der Waals surface area contributed by atoms with E-state index >= 15 is 0 Å². The summed E-state index contributed by atoms with van der Waals surface area (Å²) in [6.45, 7) is 1.31. The Balaban J connectivity index is 1.92. The van der Waals surface area contributed by atoms with Gasteiger partial charge in [0.25, 0.3) is 5.91 Å². The molecule has 1 atom stereocenters. The molecular formula is C15H15ClN2O2. The molecule has 0 aliphatic carbocycles. The predicted molar refractivity (Wildman–Crippen MR) is 78.1 cm³/mol. The Morgan fingerprint density at radius 3 is 3.00 bits per heavy atom. The molecule has 1 aromatic carbocycles. The van der Waals surface area contributed by atoms with E-state index < -0.39 is 0 Å². The van der Waals surface area contributed by atoms with Gasteiger partial charge >= 0.3 is 0 Å². The second-order valence-electron chi connectivity index (χ2n) is 4.92. The van der Waals surface area contributed by atoms with Crippen LogP contribution in [0.1, 0.15) is 16.9 Å². The van der Waals surface area contributed by atoms with E-state index in [1.807, 2.05) is 24.3 Å². The molecule has 0 radical (unpaired) electrons. The van der Waals surface area contributed by atoms with Crippen LogP contribution in [-0.2, 0) is 4.74 Å². The van der Waals surface area contributed by atoms with E-state index in [-0.39, 0.29) is 12.0 Å². The molecule has 104 valence electrons. The highest BCUT2D eigenvalue weighted by Crippen LogP contribution is 2.24. The van der Waals surface area contributed by atoms with Gasteiger partial charge in [0.1, 0.15) is 10.8 Å². The van der Waals surface area contributed by atoms with Gasteiger partial charge < -0.3 is 9.64 Å². The Morgan fingerprint density at radius 1 is 1.45 bits per heavy atom. The number of pyridine rings is 1. The van der Waals surface area contributed by atoms with Crippen LogP contribution in [0.4, 0.5) is 0 Å². The van der Waals surface area contributed by atoms with Crippen LogP contribution in [0.15, 0.2) is 30.3 Å². The number of hydrogen-bond acceptors (Lipinski definition) is 3. The summed E-state index contributed by atoms with van der Waals surface area (Å²) >= 11 is 6.16. The number of aromatic nitrogens is 1. The Kier molecular flexibility index (Phi) is 3.59. The van der Waals surface area contributed by atoms with Crippen molar-refractivity contribution in [3.05, 3.63) is 41.2 Å². The molecule has 0 spiro atoms. The van der Waals surface area contributed by atoms with Crippen molar-refractivity contribution in [1.29, 1.82) is 0 Å². The number of carbonyl (C=O) groups excluding carboxylic acids is 1. The van der Waals surface area contributed by atoms with Crippen LogP contribution in [0.25, 0.3) is 10.8 Å². The first-order valence-electron chi connectivity index (χ1n) is 6.56. The van der Waals surface area contributed by atoms with Crippen LogP contribution in [0.5, 0.6) is 0 Å². The van der Waals surface area contributed by atoms with Crippen LogP contribution >= 0.6 is 11.6 Å². The first-order chi connectivity index (χ1) is 9.69. The maximum atomic E-state index is 12.5. The molecule has 0 N–H and O–H groups in total. The smallest absolute Gasteiger partial charge is 0.272 e. The number of benzene rings is 1. The number of carbonyl (C=O) groups is 1. The number of amides is 1. The van der Waals surface area contributed by atoms with E-state index in [4.69, 9.17) is 16.3 Å². The molecule has 20 heavy (non-hydrogen) atoms. The van der Waals surface area contributed by atoms with Crippen molar-refractivity contribution >= 4 is 28.3 Å². The molecule has 5 heteroatoms. The number of nitrogens with zero attached hydrogens (tertiary/aromatic N) is 2. The van der Waals surface area contributed by atoms with Gasteiger partial charge in [-0.05, 0) is 17.9 Å². The van der Waals surface area contributed by atoms with Crippen molar-refractivity contribution in [2.24, 2.45) is 0 Å². The Labute approximate surface area is 122 Å². The fraction of sp³-hybridized carbons (Fsp3) is 0.333. The topological polar surface area (TPSA) is 42.4 Å². The lowest BCUT2D eigenvalue weighted by molar-refractivity contribution is 0.0719. The summed E-state index contributed by atoms with van der Waals surface area (Å²) in [5.74, 6) is -0.0859. The minimum atomic E-state index is -0.0859. The summed E-state index contributed by atoms with van der Waals surface area (Å²) in [7, 11) is 1.67. The molecule has 3 rings (SSSR count). The normalized spacial score (nSPS) is 18.7. The van der Waals surface area contributed by atoms with Crippen molar-refractivity contribution in [2.45, 2.75) is 12.5 Å². The molecule has 1 aliphatic heterocycles. The zero-order valence-electron chi connectivity index (χ0n) is 11.2. The van der Waals surface area contributed by atoms with Crippen LogP contribution < -0.4 is 0 Å². The highest BCUT2D eigenvalue weighted by atomic mass is 35.5. The second kappa shape index (κ2) is 5.38. The van der Waals surface area contributed by atoms with Crippen LogP contribution in [-0.4, -0.2) is 42.1 Å². The molecule has 4 nitrogen and oxygen atoms in total. The third-order valence-electron chi connectivity index (χ3n) is 3.68. The van der Waals surface area contributed by atoms with E-state index in [0.29, 0.717) is 23.9 Å². The van der Waals surface area contributed by atoms with E-state index in [1.165, 1.54) is 0 Å². The van der Waals surface area contributed by atoms with Gasteiger partial charge in [0.2, 0.25) is 0 Å². The van der Waals surface area contributed by atoms with Gasteiger partial charge in [-0.3, -0.25) is 4.79 Å². The molecule has 0 saturated carbocycles. The zero-order valence-corrected chi connectivity index (χ0v) is 11.9. The number of fused-ring (bicyclic) bond motifs is 1. The van der Waals surface area contributed by atoms with Crippen LogP contribution in [0.3, 0.4) is 0 Å². The summed E-state index contributed by atoms with van der Waals surface area (Å²) in [6, 6.07) is 9.45. The lowest BCUT2D eigenvalue weighted by Crippen LogP contribution is -2.30. The largest absolute Gasteiger partial charge is 0.380 e. The number of methoxy groups -OCH3 is 1. The van der Waals surface area contributed by atoms with Crippen LogP contribution in [0.2, 0.25) is 5.15 Å². The molecule has 2 aromatic rings. The summed E-state index contributed by atoms with van der Waals surface area (Å²) in [4.78, 5) is 18.4. The number of hydrogen-bond donors (Lipinski definition) is 0. The summed E-state index contributed by atoms with van der Waals surface area (Å²) in [6.07, 6.45) is 0.985. The molecule has 0 bridgehead atoms. The maximum absolute atomic E-state index is 12.5. The Hall–Kier alpha value is -1.65. The molecular weight excluding hydrogens is 276 g/mol. The molecule has 1 amide bonds. The predicted octanol–water partition coefficient (Wildman–Crippen LogP) is 2.75. The molecule has 1 aromatic heterocycles. The Morgan fingerprint density at radius 2 is 2.25 bits per heavy atom. The molecule has 1 saturated heterocycles. The van der Waals surface area contributed by atoms with E-state index in [9.17, 15) is 4.79 Å². The quantitative estimate of drug-likeness (QED) is 0.799. The van der Waals surface area contributed by atoms with Crippen molar-refractivity contribution in [1.82, 2.24) is 9.88 Å². The lowest BCUT2D eigenvalue weighted by atomic mass is 10.1. The van der Waals surface area contributed by atoms with E-state index in [1.54, 1.807) is 18.1 Å². The highest BCUT2D eigenvalue weighted by molar-refractivity contribution is 6.34. The monoisotopic (exact) mass is 290 g/mol. The Bertz CT molecular complexity index is 659. The number of likely N-dealkylation sites (tertiary alicyclic amines) is 1. The maximum Gasteiger partial charge on any atom is 0.272 e. The standard InChI is InChI=1S/C15H15ClN2O2/c1-20-11-6-7-18(9-11)15(19)13-8-10-4-2-3-5-12(10)14(16)17-13/h2-5,8,11H,6-7,9H2,1H3. The SMILES string of the molecule is COC1CCN(C(=O)c2cc3ccccc3c(Cl)n2)C1. The molecule has 1 unspecified atom stereocenters. The van der Waals surface area contributed by atoms with Gasteiger partial charge in [-0.15, -0.1) is 0 Å². The average Bonchev–Trinajstić information content (AvgIpc) is 2.95. The van der Waals surface area contributed by atoms with Crippen molar-refractivity contribution in [2.75, 3.05) is 20.2 Å². The first kappa shape index (κ1) is 13.3. The minimum absolute atomic E-state index is 0.0859. The average molecular weight is 291 g/mol. The zero-order chi connectivity index (χ0) is 14.1. The second-order valence-corrected chi connectivity index (χ2v) is 5.28.